The maximum atomic E-state index is 14.8. The first-order valence-electron chi connectivity index (χ1n) is 43.8. The lowest BCUT2D eigenvalue weighted by atomic mass is 9.89. The maximum absolute atomic E-state index is 14.8. The first kappa shape index (κ1) is 100. The van der Waals surface area contributed by atoms with Crippen molar-refractivity contribution in [2.75, 3.05) is 158 Å². The zero-order chi connectivity index (χ0) is 91.4. The number of benzene rings is 3. The summed E-state index contributed by atoms with van der Waals surface area (Å²) in [5.41, 5.74) is 4.34. The number of carboxylic acid groups (broad SMARTS) is 1. The van der Waals surface area contributed by atoms with Crippen LogP contribution in [0.3, 0.4) is 0 Å². The molecule has 4 fully saturated rings. The second-order valence-electron chi connectivity index (χ2n) is 33.5. The van der Waals surface area contributed by atoms with Crippen LogP contribution in [0.4, 0.5) is 11.4 Å². The second-order valence-corrected chi connectivity index (χ2v) is 36.1. The standard InChI is InChI=1S/C91H131N11O22S2/c1-16-59(8)80(74(117-14)49-77(105)99-31-23-26-68(99)81(118-15)60(9)84(106)95-67(91(113)114)44-61-24-19-17-20-25-61)98(11)90(112)78(55(2)3)96-85(107)79(56(4)5)97(10)75(103)27-34-119-38-40-121-36-29-92-86(108)82-83(126-54-125-82)87(109)93-30-37-122-41-39-120-35-28-76(104)102-53-63-43-58(7)52-101(63)89(111)65-46-71(116-13)73(48-69(65)102)124-33-22-18-21-32-123-72-47-66-64(45-70(72)115-12)88(110)100-51-57(6)42-62(100)50-94-66/h17,19-20,24-25,45-48,50,55-56,59-60,62-63,67-68,74,78-83H,6-7,16,18,21-23,26-44,49,51-54H2,1-5,8-15H3,(H,92,108)(H,93,109)(H,95,106)(H,96,107)(H,113,114)/t59-,60+,62-,63-,67-,68-,74+,78-,79-,80-,81+,82?,83?/m0/s1. The molecule has 126 heavy (non-hydrogen) atoms. The van der Waals surface area contributed by atoms with Crippen molar-refractivity contribution in [2.24, 2.45) is 28.7 Å². The van der Waals surface area contributed by atoms with Gasteiger partial charge in [0.05, 0.1) is 164 Å². The zero-order valence-corrected chi connectivity index (χ0v) is 77.0. The molecule has 3 aromatic carbocycles. The van der Waals surface area contributed by atoms with Gasteiger partial charge in [-0.15, -0.1) is 23.5 Å². The van der Waals surface area contributed by atoms with Crippen LogP contribution < -0.4 is 45.1 Å². The van der Waals surface area contributed by atoms with Gasteiger partial charge in [-0.2, -0.15) is 0 Å². The third-order valence-corrected chi connectivity index (χ3v) is 27.0. The van der Waals surface area contributed by atoms with Crippen molar-refractivity contribution in [1.29, 1.82) is 0 Å². The number of nitrogens with zero attached hydrogens (tertiary/aromatic N) is 7. The Hall–Kier alpha value is -9.36. The van der Waals surface area contributed by atoms with Crippen LogP contribution in [0.1, 0.15) is 145 Å². The first-order valence-corrected chi connectivity index (χ1v) is 45.9. The number of carboxylic acids is 1. The van der Waals surface area contributed by atoms with Crippen molar-refractivity contribution in [3.05, 3.63) is 95.6 Å². The number of fused-ring (bicyclic) bond motifs is 4. The molecular weight excluding hydrogens is 1660 g/mol. The molecule has 0 radical (unpaired) electrons. The van der Waals surface area contributed by atoms with E-state index in [9.17, 15) is 57.8 Å². The molecule has 4 saturated heterocycles. The summed E-state index contributed by atoms with van der Waals surface area (Å²) in [7, 11) is 9.18. The number of likely N-dealkylation sites (N-methyl/N-ethyl adjacent to an activating group) is 2. The van der Waals surface area contributed by atoms with Gasteiger partial charge in [-0.3, -0.25) is 52.9 Å². The number of hydrogen-bond acceptors (Lipinski definition) is 24. The molecule has 0 spiro atoms. The highest BCUT2D eigenvalue weighted by molar-refractivity contribution is 8.20. The van der Waals surface area contributed by atoms with Gasteiger partial charge >= 0.3 is 5.97 Å². The zero-order valence-electron chi connectivity index (χ0n) is 75.3. The van der Waals surface area contributed by atoms with E-state index >= 15 is 0 Å². The summed E-state index contributed by atoms with van der Waals surface area (Å²) in [6, 6.07) is 11.1. The number of aliphatic carboxylic acids is 1. The lowest BCUT2D eigenvalue weighted by Gasteiger charge is -2.41. The highest BCUT2D eigenvalue weighted by Crippen LogP contribution is 2.43. The van der Waals surface area contributed by atoms with E-state index in [1.165, 1.54) is 56.9 Å². The number of carbonyl (C=O) groups is 11. The van der Waals surface area contributed by atoms with Crippen LogP contribution in [0.25, 0.3) is 0 Å². The van der Waals surface area contributed by atoms with Crippen LogP contribution in [0.5, 0.6) is 23.0 Å². The monoisotopic (exact) mass is 1790 g/mol. The molecule has 0 bridgehead atoms. The molecule has 694 valence electrons. The number of anilines is 1. The summed E-state index contributed by atoms with van der Waals surface area (Å²) in [5, 5.41) is 20.7. The molecule has 3 aromatic rings. The largest absolute Gasteiger partial charge is 0.493 e. The molecule has 10 amide bonds. The van der Waals surface area contributed by atoms with E-state index in [-0.39, 0.29) is 163 Å². The van der Waals surface area contributed by atoms with Crippen molar-refractivity contribution >= 4 is 106 Å². The molecule has 0 aromatic heterocycles. The minimum Gasteiger partial charge on any atom is -0.493 e. The average molecular weight is 1800 g/mol. The first-order chi connectivity index (χ1) is 60.4. The Morgan fingerprint density at radius 3 is 1.82 bits per heavy atom. The van der Waals surface area contributed by atoms with E-state index in [4.69, 9.17) is 47.4 Å². The summed E-state index contributed by atoms with van der Waals surface area (Å²) in [6.07, 6.45) is 5.29. The highest BCUT2D eigenvalue weighted by atomic mass is 32.2. The molecule has 5 N–H and O–H groups in total. The number of methoxy groups -OCH3 is 4. The van der Waals surface area contributed by atoms with Crippen molar-refractivity contribution < 1.29 is 105 Å². The van der Waals surface area contributed by atoms with Gasteiger partial charge < -0.3 is 103 Å². The lowest BCUT2D eigenvalue weighted by molar-refractivity contribution is -0.149. The van der Waals surface area contributed by atoms with Gasteiger partial charge in [-0.1, -0.05) is 110 Å². The van der Waals surface area contributed by atoms with E-state index in [0.29, 0.717) is 128 Å². The SMILES string of the molecule is C=C1C[C@H]2CN(C(=O)CCOCCOCCNC(=O)C3SCSC3C(=O)NCCOCCOCCC(=O)N(C)[C@H](C(=O)N[C@H](C(=O)N(C)[C@@H]([C@@H](C)CC)[C@@H](CC(=O)N3CCC[C@H]3[C@H](OC)[C@@H](C)C(=O)N[C@@H](Cc3ccccc3)C(=O)O)OC)C(C)C)C(C)C)c3cc(OCCCCCOc4cc5c(cc4OC)C(=O)N4CC(=C)C[C@H]4C=N5)c(OC)cc3C(=O)N2C1. The molecule has 6 aliphatic rings. The summed E-state index contributed by atoms with van der Waals surface area (Å²) in [6.45, 7) is 24.8. The van der Waals surface area contributed by atoms with Gasteiger partial charge in [0.2, 0.25) is 47.3 Å². The molecule has 33 nitrogen and oxygen atoms in total. The van der Waals surface area contributed by atoms with Crippen molar-refractivity contribution in [3.63, 3.8) is 0 Å². The van der Waals surface area contributed by atoms with Crippen molar-refractivity contribution in [3.8, 4) is 23.0 Å². The Kier molecular flexibility index (Phi) is 39.3. The Labute approximate surface area is 748 Å². The Balaban J connectivity index is 0.636. The molecule has 13 atom stereocenters. The number of thioether (sulfide) groups is 2. The van der Waals surface area contributed by atoms with Gasteiger partial charge in [-0.05, 0) is 80.4 Å². The molecule has 35 heteroatoms. The van der Waals surface area contributed by atoms with Crippen LogP contribution in [0.15, 0.2) is 83.9 Å². The number of carbonyl (C=O) groups excluding carboxylic acids is 10. The normalized spacial score (nSPS) is 19.7. The summed E-state index contributed by atoms with van der Waals surface area (Å²) >= 11 is 2.75. The fraction of sp³-hybridized carbons (Fsp3) is 0.626. The van der Waals surface area contributed by atoms with Gasteiger partial charge in [0.1, 0.15) is 28.6 Å². The number of ether oxygens (including phenoxy) is 10. The molecule has 6 aliphatic heterocycles. The predicted octanol–water partition coefficient (Wildman–Crippen LogP) is 7.55. The van der Waals surface area contributed by atoms with Gasteiger partial charge in [0.15, 0.2) is 23.0 Å². The summed E-state index contributed by atoms with van der Waals surface area (Å²) < 4.78 is 58.9. The fourth-order valence-electron chi connectivity index (χ4n) is 17.0. The smallest absolute Gasteiger partial charge is 0.326 e. The summed E-state index contributed by atoms with van der Waals surface area (Å²) in [4.78, 5) is 166. The number of amides is 10. The summed E-state index contributed by atoms with van der Waals surface area (Å²) in [5.74, 6) is -4.52. The Bertz CT molecular complexity index is 4290. The van der Waals surface area contributed by atoms with E-state index in [1.54, 1.807) is 100 Å². The quantitative estimate of drug-likeness (QED) is 0.0269. The van der Waals surface area contributed by atoms with Gasteiger partial charge in [0, 0.05) is 97.4 Å². The number of hydrogen-bond donors (Lipinski definition) is 5. The maximum Gasteiger partial charge on any atom is 0.326 e. The molecule has 9 rings (SSSR count). The fourth-order valence-corrected chi connectivity index (χ4v) is 20.0. The second kappa shape index (κ2) is 49.3. The Morgan fingerprint density at radius 2 is 1.23 bits per heavy atom. The van der Waals surface area contributed by atoms with E-state index in [2.05, 4.69) is 39.4 Å². The predicted molar refractivity (Wildman–Crippen MR) is 479 cm³/mol. The molecule has 2 unspecified atom stereocenters. The van der Waals surface area contributed by atoms with Crippen LogP contribution in [0, 0.1) is 23.7 Å². The minimum atomic E-state index is -1.19. The number of likely N-dealkylation sites (tertiary alicyclic amines) is 1. The van der Waals surface area contributed by atoms with Gasteiger partial charge in [-0.25, -0.2) is 4.79 Å². The van der Waals surface area contributed by atoms with E-state index < -0.39 is 88.4 Å². The van der Waals surface area contributed by atoms with Crippen LogP contribution in [-0.4, -0.2) is 319 Å². The third kappa shape index (κ3) is 26.7. The van der Waals surface area contributed by atoms with Crippen LogP contribution >= 0.6 is 23.5 Å². The van der Waals surface area contributed by atoms with Gasteiger partial charge in [0.25, 0.3) is 11.8 Å². The Morgan fingerprint density at radius 1 is 0.643 bits per heavy atom. The molecule has 0 aliphatic carbocycles. The third-order valence-electron chi connectivity index (χ3n) is 24.0. The molecular formula is C91H131N11O22S2. The highest BCUT2D eigenvalue weighted by Gasteiger charge is 2.47. The lowest BCUT2D eigenvalue weighted by Crippen LogP contribution is -2.60. The number of aliphatic imine (C=N–C) groups is 1. The van der Waals surface area contributed by atoms with Crippen molar-refractivity contribution in [1.82, 2.24) is 45.8 Å². The molecule has 6 heterocycles. The van der Waals surface area contributed by atoms with Crippen LogP contribution in [-0.2, 0) is 78.0 Å². The van der Waals surface area contributed by atoms with Crippen molar-refractivity contribution in [2.45, 2.75) is 191 Å². The van der Waals surface area contributed by atoms with E-state index in [0.717, 1.165) is 23.1 Å². The number of nitrogens with one attached hydrogen (secondary N) is 4. The minimum absolute atomic E-state index is 0.0132. The molecule has 0 saturated carbocycles. The topological polar surface area (TPSA) is 380 Å². The average Bonchev–Trinajstić information content (AvgIpc) is 1.61. The number of rotatable bonds is 51. The van der Waals surface area contributed by atoms with E-state index in [1.807, 2.05) is 47.6 Å². The number of unbranched alkanes of at least 4 members (excludes halogenated alkanes) is 2. The van der Waals surface area contributed by atoms with Crippen LogP contribution in [0.2, 0.25) is 0 Å².